The van der Waals surface area contributed by atoms with Gasteiger partial charge in [0.15, 0.2) is 11.5 Å². The van der Waals surface area contributed by atoms with Crippen LogP contribution >= 0.6 is 0 Å². The van der Waals surface area contributed by atoms with E-state index < -0.39 is 0 Å². The Kier molecular flexibility index (Phi) is 5.13. The monoisotopic (exact) mass is 238 g/mol. The van der Waals surface area contributed by atoms with Crippen LogP contribution in [0, 0.1) is 0 Å². The summed E-state index contributed by atoms with van der Waals surface area (Å²) in [6, 6.07) is 5.58. The fourth-order valence-corrected chi connectivity index (χ4v) is 1.39. The van der Waals surface area contributed by atoms with Gasteiger partial charge in [-0.05, 0) is 12.1 Å². The number of rotatable bonds is 6. The normalized spacial score (nSPS) is 9.59. The largest absolute Gasteiger partial charge is 0.493 e. The molecule has 0 aliphatic heterocycles. The summed E-state index contributed by atoms with van der Waals surface area (Å²) in [7, 11) is 3.20. The molecule has 1 aromatic rings. The molecule has 0 saturated carbocycles. The number of carbonyl (C=O) groups is 1. The number of carbonyl (C=O) groups excluding carboxylic acids is 1. The molecule has 0 saturated heterocycles. The lowest BCUT2D eigenvalue weighted by Crippen LogP contribution is -2.26. The molecule has 94 valence electrons. The lowest BCUT2D eigenvalue weighted by molar-refractivity contribution is -0.118. The quantitative estimate of drug-likeness (QED) is 0.732. The van der Waals surface area contributed by atoms with Crippen LogP contribution in [-0.4, -0.2) is 33.2 Å². The first-order valence-corrected chi connectivity index (χ1v) is 5.37. The number of benzene rings is 1. The number of nitrogens with one attached hydrogen (secondary N) is 2. The van der Waals surface area contributed by atoms with Gasteiger partial charge in [-0.2, -0.15) is 0 Å². The molecule has 5 heteroatoms. The first-order chi connectivity index (χ1) is 8.17. The highest BCUT2D eigenvalue weighted by atomic mass is 16.5. The van der Waals surface area contributed by atoms with Crippen molar-refractivity contribution >= 4 is 11.6 Å². The third kappa shape index (κ3) is 4.22. The van der Waals surface area contributed by atoms with Crippen molar-refractivity contribution in [2.24, 2.45) is 0 Å². The number of amides is 1. The molecular formula is C12H18N2O3. The van der Waals surface area contributed by atoms with E-state index in [0.717, 1.165) is 5.69 Å². The highest BCUT2D eigenvalue weighted by molar-refractivity contribution is 5.72. The Balaban J connectivity index is 2.51. The topological polar surface area (TPSA) is 59.6 Å². The molecule has 0 bridgehead atoms. The van der Waals surface area contributed by atoms with Gasteiger partial charge >= 0.3 is 0 Å². The Morgan fingerprint density at radius 3 is 2.47 bits per heavy atom. The van der Waals surface area contributed by atoms with Crippen molar-refractivity contribution in [1.29, 1.82) is 0 Å². The minimum atomic E-state index is -0.0286. The van der Waals surface area contributed by atoms with E-state index in [1.165, 1.54) is 6.92 Å². The van der Waals surface area contributed by atoms with E-state index in [-0.39, 0.29) is 5.91 Å². The fraction of sp³-hybridized carbons (Fsp3) is 0.417. The van der Waals surface area contributed by atoms with Crippen LogP contribution in [0.3, 0.4) is 0 Å². The first kappa shape index (κ1) is 13.2. The molecule has 0 spiro atoms. The molecule has 0 radical (unpaired) electrons. The summed E-state index contributed by atoms with van der Waals surface area (Å²) in [5.41, 5.74) is 0.924. The molecule has 0 heterocycles. The standard InChI is InChI=1S/C12H18N2O3/c1-9(15)13-6-7-14-10-4-5-11(16-2)12(8-10)17-3/h4-5,8,14H,6-7H2,1-3H3,(H,13,15). The van der Waals surface area contributed by atoms with Gasteiger partial charge in [-0.3, -0.25) is 4.79 Å². The SMILES string of the molecule is COc1ccc(NCCNC(C)=O)cc1OC. The van der Waals surface area contributed by atoms with Crippen LogP contribution in [0.4, 0.5) is 5.69 Å². The zero-order valence-corrected chi connectivity index (χ0v) is 10.4. The van der Waals surface area contributed by atoms with Crippen LogP contribution in [0.15, 0.2) is 18.2 Å². The molecule has 0 atom stereocenters. The maximum Gasteiger partial charge on any atom is 0.216 e. The average Bonchev–Trinajstić information content (AvgIpc) is 2.34. The highest BCUT2D eigenvalue weighted by Crippen LogP contribution is 2.29. The van der Waals surface area contributed by atoms with E-state index in [0.29, 0.717) is 24.6 Å². The molecule has 0 fully saturated rings. The van der Waals surface area contributed by atoms with Crippen LogP contribution in [-0.2, 0) is 4.79 Å². The van der Waals surface area contributed by atoms with Crippen molar-refractivity contribution in [2.45, 2.75) is 6.92 Å². The minimum Gasteiger partial charge on any atom is -0.493 e. The van der Waals surface area contributed by atoms with Crippen molar-refractivity contribution in [2.75, 3.05) is 32.6 Å². The number of anilines is 1. The van der Waals surface area contributed by atoms with Crippen LogP contribution in [0.1, 0.15) is 6.92 Å². The van der Waals surface area contributed by atoms with Crippen molar-refractivity contribution < 1.29 is 14.3 Å². The van der Waals surface area contributed by atoms with E-state index in [1.807, 2.05) is 18.2 Å². The number of ether oxygens (including phenoxy) is 2. The van der Waals surface area contributed by atoms with Gasteiger partial charge in [0.1, 0.15) is 0 Å². The van der Waals surface area contributed by atoms with E-state index in [2.05, 4.69) is 10.6 Å². The molecule has 1 amide bonds. The maximum absolute atomic E-state index is 10.7. The van der Waals surface area contributed by atoms with Gasteiger partial charge < -0.3 is 20.1 Å². The summed E-state index contributed by atoms with van der Waals surface area (Å²) in [6.07, 6.45) is 0. The molecule has 0 unspecified atom stereocenters. The molecule has 5 nitrogen and oxygen atoms in total. The van der Waals surface area contributed by atoms with E-state index in [9.17, 15) is 4.79 Å². The molecular weight excluding hydrogens is 220 g/mol. The van der Waals surface area contributed by atoms with Crippen LogP contribution in [0.5, 0.6) is 11.5 Å². The Bertz CT molecular complexity index is 380. The maximum atomic E-state index is 10.7. The van der Waals surface area contributed by atoms with Crippen LogP contribution in [0.2, 0.25) is 0 Å². The van der Waals surface area contributed by atoms with E-state index in [1.54, 1.807) is 14.2 Å². The second kappa shape index (κ2) is 6.62. The van der Waals surface area contributed by atoms with Crippen molar-refractivity contribution in [1.82, 2.24) is 5.32 Å². The average molecular weight is 238 g/mol. The van der Waals surface area contributed by atoms with E-state index >= 15 is 0 Å². The van der Waals surface area contributed by atoms with Gasteiger partial charge in [-0.25, -0.2) is 0 Å². The van der Waals surface area contributed by atoms with Crippen molar-refractivity contribution in [3.05, 3.63) is 18.2 Å². The molecule has 2 N–H and O–H groups in total. The van der Waals surface area contributed by atoms with Crippen LogP contribution in [0.25, 0.3) is 0 Å². The zero-order chi connectivity index (χ0) is 12.7. The second-order valence-corrected chi connectivity index (χ2v) is 3.48. The van der Waals surface area contributed by atoms with Gasteiger partial charge in [-0.15, -0.1) is 0 Å². The third-order valence-electron chi connectivity index (χ3n) is 2.21. The summed E-state index contributed by atoms with van der Waals surface area (Å²) < 4.78 is 10.3. The Morgan fingerprint density at radius 1 is 1.18 bits per heavy atom. The molecule has 1 rings (SSSR count). The first-order valence-electron chi connectivity index (χ1n) is 5.37. The molecule has 1 aromatic carbocycles. The highest BCUT2D eigenvalue weighted by Gasteiger charge is 2.03. The summed E-state index contributed by atoms with van der Waals surface area (Å²) in [5.74, 6) is 1.34. The number of hydrogen-bond acceptors (Lipinski definition) is 4. The second-order valence-electron chi connectivity index (χ2n) is 3.48. The smallest absolute Gasteiger partial charge is 0.216 e. The molecule has 0 aromatic heterocycles. The minimum absolute atomic E-state index is 0.0286. The Morgan fingerprint density at radius 2 is 1.88 bits per heavy atom. The van der Waals surface area contributed by atoms with Gasteiger partial charge in [0, 0.05) is 31.8 Å². The Labute approximate surface area is 101 Å². The van der Waals surface area contributed by atoms with Crippen molar-refractivity contribution in [3.8, 4) is 11.5 Å². The van der Waals surface area contributed by atoms with Crippen LogP contribution < -0.4 is 20.1 Å². The summed E-state index contributed by atoms with van der Waals surface area (Å²) in [6.45, 7) is 2.75. The molecule has 0 aliphatic rings. The molecule has 0 aliphatic carbocycles. The van der Waals surface area contributed by atoms with Gasteiger partial charge in [0.05, 0.1) is 14.2 Å². The third-order valence-corrected chi connectivity index (χ3v) is 2.21. The predicted molar refractivity (Wildman–Crippen MR) is 66.7 cm³/mol. The Hall–Kier alpha value is -1.91. The zero-order valence-electron chi connectivity index (χ0n) is 10.4. The summed E-state index contributed by atoms with van der Waals surface area (Å²) in [5, 5.41) is 5.89. The number of hydrogen-bond donors (Lipinski definition) is 2. The molecule has 17 heavy (non-hydrogen) atoms. The van der Waals surface area contributed by atoms with Crippen molar-refractivity contribution in [3.63, 3.8) is 0 Å². The predicted octanol–water partition coefficient (Wildman–Crippen LogP) is 1.25. The fourth-order valence-electron chi connectivity index (χ4n) is 1.39. The lowest BCUT2D eigenvalue weighted by Gasteiger charge is -2.11. The van der Waals surface area contributed by atoms with Gasteiger partial charge in [0.2, 0.25) is 5.91 Å². The summed E-state index contributed by atoms with van der Waals surface area (Å²) >= 11 is 0. The van der Waals surface area contributed by atoms with E-state index in [4.69, 9.17) is 9.47 Å². The van der Waals surface area contributed by atoms with Gasteiger partial charge in [0.25, 0.3) is 0 Å². The lowest BCUT2D eigenvalue weighted by atomic mass is 10.2. The van der Waals surface area contributed by atoms with Gasteiger partial charge in [-0.1, -0.05) is 0 Å². The number of methoxy groups -OCH3 is 2. The summed E-state index contributed by atoms with van der Waals surface area (Å²) in [4.78, 5) is 10.7.